The second kappa shape index (κ2) is 16.3. The summed E-state index contributed by atoms with van der Waals surface area (Å²) < 4.78 is 4.99. The van der Waals surface area contributed by atoms with E-state index < -0.39 is 0 Å². The fourth-order valence-electron chi connectivity index (χ4n) is 9.67. The number of benzene rings is 9. The fraction of sp³-hybridized carbons (Fsp3) is 0.0492. The molecule has 1 unspecified atom stereocenters. The number of para-hydroxylation sites is 3. The molecule has 0 saturated heterocycles. The quantitative estimate of drug-likeness (QED) is 0.143. The maximum absolute atomic E-state index is 2.47. The van der Waals surface area contributed by atoms with Crippen molar-refractivity contribution in [1.29, 1.82) is 0 Å². The molecule has 0 radical (unpaired) electrons. The fourth-order valence-corrected chi connectivity index (χ4v) is 10.8. The van der Waals surface area contributed by atoms with Crippen LogP contribution in [0.5, 0.6) is 0 Å². The number of aromatic nitrogens is 1. The summed E-state index contributed by atoms with van der Waals surface area (Å²) in [5, 5.41) is 5.04. The number of nitrogens with zero attached hydrogens (tertiary/aromatic N) is 3. The normalized spacial score (nSPS) is 13.7. The van der Waals surface area contributed by atoms with Gasteiger partial charge < -0.3 is 14.4 Å². The zero-order valence-electron chi connectivity index (χ0n) is 36.1. The average Bonchev–Trinajstić information content (AvgIpc) is 3.91. The van der Waals surface area contributed by atoms with Crippen LogP contribution < -0.4 is 9.80 Å². The molecule has 310 valence electrons. The van der Waals surface area contributed by atoms with E-state index in [-0.39, 0.29) is 0 Å². The van der Waals surface area contributed by atoms with Crippen molar-refractivity contribution in [3.63, 3.8) is 0 Å². The van der Waals surface area contributed by atoms with Gasteiger partial charge in [-0.05, 0) is 138 Å². The molecular formula is C61H45N3S. The van der Waals surface area contributed by atoms with E-state index in [4.69, 9.17) is 0 Å². The largest absolute Gasteiger partial charge is 0.311 e. The van der Waals surface area contributed by atoms with Crippen molar-refractivity contribution in [3.05, 3.63) is 242 Å². The SMILES string of the molecule is CC1C=CC(N(c2cc(-c3ccc4c(c3)c3ccccc3n4-c3ccccc3)cc(N(c3ccccc3)c3ccc(-c4ccccc4)cc3)c2)c2ccc3sc4ccccc4c3c2)=CC1. The second-order valence-electron chi connectivity index (χ2n) is 17.1. The Morgan fingerprint density at radius 2 is 1.02 bits per heavy atom. The van der Waals surface area contributed by atoms with E-state index in [1.165, 1.54) is 58.8 Å². The van der Waals surface area contributed by atoms with E-state index in [0.717, 1.165) is 51.7 Å². The van der Waals surface area contributed by atoms with Gasteiger partial charge in [0.05, 0.1) is 11.0 Å². The van der Waals surface area contributed by atoms with Gasteiger partial charge in [-0.3, -0.25) is 0 Å². The van der Waals surface area contributed by atoms with Crippen LogP contribution >= 0.6 is 11.3 Å². The Morgan fingerprint density at radius 1 is 0.415 bits per heavy atom. The van der Waals surface area contributed by atoms with Crippen molar-refractivity contribution in [2.75, 3.05) is 9.80 Å². The lowest BCUT2D eigenvalue weighted by Gasteiger charge is -2.32. The Labute approximate surface area is 383 Å². The van der Waals surface area contributed by atoms with Crippen LogP contribution in [0.25, 0.3) is 69.9 Å². The number of thiophene rings is 1. The Hall–Kier alpha value is -7.92. The minimum absolute atomic E-state index is 0.475. The predicted octanol–water partition coefficient (Wildman–Crippen LogP) is 17.6. The van der Waals surface area contributed by atoms with Gasteiger partial charge in [-0.2, -0.15) is 0 Å². The van der Waals surface area contributed by atoms with Crippen molar-refractivity contribution in [2.24, 2.45) is 5.92 Å². The number of hydrogen-bond acceptors (Lipinski definition) is 3. The number of allylic oxidation sites excluding steroid dienone is 3. The summed E-state index contributed by atoms with van der Waals surface area (Å²) in [6.07, 6.45) is 8.06. The van der Waals surface area contributed by atoms with E-state index in [2.05, 4.69) is 258 Å². The molecule has 0 amide bonds. The number of rotatable bonds is 9. The van der Waals surface area contributed by atoms with Crippen molar-refractivity contribution in [3.8, 4) is 27.9 Å². The highest BCUT2D eigenvalue weighted by Crippen LogP contribution is 2.45. The molecule has 12 rings (SSSR count). The van der Waals surface area contributed by atoms with Crippen LogP contribution in [-0.2, 0) is 0 Å². The molecule has 0 spiro atoms. The third-order valence-electron chi connectivity index (χ3n) is 12.9. The van der Waals surface area contributed by atoms with Gasteiger partial charge in [0.25, 0.3) is 0 Å². The van der Waals surface area contributed by atoms with Crippen LogP contribution in [0.3, 0.4) is 0 Å². The van der Waals surface area contributed by atoms with Crippen LogP contribution in [-0.4, -0.2) is 4.57 Å². The predicted molar refractivity (Wildman–Crippen MR) is 279 cm³/mol. The third kappa shape index (κ3) is 7.09. The van der Waals surface area contributed by atoms with Gasteiger partial charge in [0.15, 0.2) is 0 Å². The smallest absolute Gasteiger partial charge is 0.0541 e. The molecule has 11 aromatic rings. The van der Waals surface area contributed by atoms with E-state index in [0.29, 0.717) is 5.92 Å². The van der Waals surface area contributed by atoms with E-state index in [9.17, 15) is 0 Å². The number of anilines is 5. The summed E-state index contributed by atoms with van der Waals surface area (Å²) in [7, 11) is 0. The summed E-state index contributed by atoms with van der Waals surface area (Å²) in [6, 6.07) is 79.9. The molecule has 0 bridgehead atoms. The van der Waals surface area contributed by atoms with Gasteiger partial charge in [0.2, 0.25) is 0 Å². The summed E-state index contributed by atoms with van der Waals surface area (Å²) in [4.78, 5) is 4.88. The molecule has 1 aliphatic carbocycles. The number of fused-ring (bicyclic) bond motifs is 6. The maximum atomic E-state index is 2.47. The lowest BCUT2D eigenvalue weighted by molar-refractivity contribution is 0.728. The Balaban J connectivity index is 1.10. The van der Waals surface area contributed by atoms with Gasteiger partial charge >= 0.3 is 0 Å². The van der Waals surface area contributed by atoms with E-state index in [1.807, 2.05) is 11.3 Å². The zero-order chi connectivity index (χ0) is 43.3. The highest BCUT2D eigenvalue weighted by atomic mass is 32.1. The molecule has 0 saturated carbocycles. The molecule has 2 aromatic heterocycles. The minimum atomic E-state index is 0.475. The van der Waals surface area contributed by atoms with Gasteiger partial charge in [0, 0.05) is 70.8 Å². The topological polar surface area (TPSA) is 11.4 Å². The zero-order valence-corrected chi connectivity index (χ0v) is 36.9. The highest BCUT2D eigenvalue weighted by molar-refractivity contribution is 7.25. The van der Waals surface area contributed by atoms with Gasteiger partial charge in [-0.1, -0.05) is 140 Å². The van der Waals surface area contributed by atoms with Crippen LogP contribution in [0.4, 0.5) is 28.4 Å². The molecular weight excluding hydrogens is 807 g/mol. The molecule has 65 heavy (non-hydrogen) atoms. The third-order valence-corrected chi connectivity index (χ3v) is 14.0. The second-order valence-corrected chi connectivity index (χ2v) is 18.1. The Bertz CT molecular complexity index is 3580. The standard InChI is InChI=1S/C61H45N3S/c1-42-25-30-49(31-26-42)63(51-34-36-61-57(41-51)55-22-12-14-24-60(55)65-61)53-38-46(45-29-35-59-56(39-45)54-21-11-13-23-58(54)64(59)48-19-9-4-10-20-48)37-52(40-53)62(47-17-7-3-8-18-47)50-32-27-44(28-33-50)43-15-5-2-6-16-43/h2-25,27-42H,26H2,1H3. The first-order valence-corrected chi connectivity index (χ1v) is 23.3. The van der Waals surface area contributed by atoms with Crippen molar-refractivity contribution < 1.29 is 0 Å². The van der Waals surface area contributed by atoms with Gasteiger partial charge in [-0.15, -0.1) is 11.3 Å². The van der Waals surface area contributed by atoms with Crippen molar-refractivity contribution in [2.45, 2.75) is 13.3 Å². The molecule has 2 heterocycles. The Morgan fingerprint density at radius 3 is 1.78 bits per heavy atom. The summed E-state index contributed by atoms with van der Waals surface area (Å²) >= 11 is 1.86. The lowest BCUT2D eigenvalue weighted by Crippen LogP contribution is -2.18. The molecule has 1 atom stereocenters. The van der Waals surface area contributed by atoms with Crippen molar-refractivity contribution >= 4 is 81.8 Å². The highest BCUT2D eigenvalue weighted by Gasteiger charge is 2.23. The lowest BCUT2D eigenvalue weighted by atomic mass is 9.98. The molecule has 3 nitrogen and oxygen atoms in total. The summed E-state index contributed by atoms with van der Waals surface area (Å²) in [5.74, 6) is 0.475. The van der Waals surface area contributed by atoms with Crippen molar-refractivity contribution in [1.82, 2.24) is 4.57 Å². The van der Waals surface area contributed by atoms with E-state index in [1.54, 1.807) is 0 Å². The summed E-state index contributed by atoms with van der Waals surface area (Å²) in [6.45, 7) is 2.29. The molecule has 9 aromatic carbocycles. The monoisotopic (exact) mass is 851 g/mol. The molecule has 1 aliphatic rings. The first-order chi connectivity index (χ1) is 32.1. The van der Waals surface area contributed by atoms with Crippen LogP contribution in [0.1, 0.15) is 13.3 Å². The van der Waals surface area contributed by atoms with Gasteiger partial charge in [-0.25, -0.2) is 0 Å². The first-order valence-electron chi connectivity index (χ1n) is 22.5. The maximum Gasteiger partial charge on any atom is 0.0541 e. The minimum Gasteiger partial charge on any atom is -0.311 e. The van der Waals surface area contributed by atoms with Gasteiger partial charge in [0.1, 0.15) is 0 Å². The molecule has 0 fully saturated rings. The average molecular weight is 852 g/mol. The van der Waals surface area contributed by atoms with Crippen LogP contribution in [0.2, 0.25) is 0 Å². The molecule has 0 N–H and O–H groups in total. The van der Waals surface area contributed by atoms with Crippen LogP contribution in [0.15, 0.2) is 242 Å². The number of hydrogen-bond donors (Lipinski definition) is 0. The molecule has 0 aliphatic heterocycles. The Kier molecular flexibility index (Phi) is 9.73. The summed E-state index contributed by atoms with van der Waals surface area (Å²) in [5.41, 5.74) is 14.9. The first kappa shape index (κ1) is 38.7. The van der Waals surface area contributed by atoms with Crippen LogP contribution in [0, 0.1) is 5.92 Å². The molecule has 4 heteroatoms. The van der Waals surface area contributed by atoms with E-state index >= 15 is 0 Å².